The van der Waals surface area contributed by atoms with E-state index in [2.05, 4.69) is 22.1 Å². The Labute approximate surface area is 202 Å². The van der Waals surface area contributed by atoms with E-state index in [-0.39, 0.29) is 37.1 Å². The van der Waals surface area contributed by atoms with Crippen LogP contribution in [0.2, 0.25) is 0 Å². The molecule has 1 aromatic heterocycles. The van der Waals surface area contributed by atoms with Gasteiger partial charge in [-0.1, -0.05) is 30.0 Å². The van der Waals surface area contributed by atoms with Crippen LogP contribution < -0.4 is 5.32 Å². The number of rotatable bonds is 3. The maximum Gasteiger partial charge on any atom is 0.322 e. The molecule has 0 spiro atoms. The molecule has 3 atom stereocenters. The average Bonchev–Trinajstić information content (AvgIpc) is 2.85. The maximum absolute atomic E-state index is 13.5. The van der Waals surface area contributed by atoms with Crippen LogP contribution in [0.3, 0.4) is 0 Å². The molecule has 2 aliphatic rings. The van der Waals surface area contributed by atoms with Crippen LogP contribution in [0.4, 0.5) is 14.9 Å². The number of fused-ring (bicyclic) bond motifs is 1. The van der Waals surface area contributed by atoms with Crippen molar-refractivity contribution in [2.75, 3.05) is 25.0 Å². The standard InChI is InChI=1S/C27H23FN4O3/c28-21-4-1-5-22(13-21)30-27(35)31-15-23-26(24(17-33)32(23)25(34)16-31)20-10-8-18(9-11-20)6-7-19-3-2-12-29-14-19/h1-5,8-14,23-24,26,33H,15-17H2,(H,30,35)/t23-,24-,26-/m0/s1. The van der Waals surface area contributed by atoms with Gasteiger partial charge in [0.2, 0.25) is 5.91 Å². The van der Waals surface area contributed by atoms with Gasteiger partial charge in [-0.3, -0.25) is 9.78 Å². The number of halogens is 1. The third-order valence-electron chi connectivity index (χ3n) is 6.42. The van der Waals surface area contributed by atoms with Gasteiger partial charge in [-0.05, 0) is 48.0 Å². The maximum atomic E-state index is 13.5. The molecule has 0 saturated carbocycles. The molecule has 3 aromatic rings. The number of hydrogen-bond acceptors (Lipinski definition) is 4. The minimum absolute atomic E-state index is 0.0935. The fourth-order valence-electron chi connectivity index (χ4n) is 4.79. The Hall–Kier alpha value is -4.22. The van der Waals surface area contributed by atoms with Crippen molar-refractivity contribution in [2.45, 2.75) is 18.0 Å². The van der Waals surface area contributed by atoms with E-state index in [9.17, 15) is 19.1 Å². The number of anilines is 1. The lowest BCUT2D eigenvalue weighted by atomic mass is 9.73. The van der Waals surface area contributed by atoms with Gasteiger partial charge < -0.3 is 20.2 Å². The van der Waals surface area contributed by atoms with E-state index in [1.807, 2.05) is 36.4 Å². The van der Waals surface area contributed by atoms with Crippen LogP contribution in [0.1, 0.15) is 22.6 Å². The molecular weight excluding hydrogens is 447 g/mol. The van der Waals surface area contributed by atoms with Crippen molar-refractivity contribution in [3.63, 3.8) is 0 Å². The quantitative estimate of drug-likeness (QED) is 0.577. The van der Waals surface area contributed by atoms with Gasteiger partial charge in [0.1, 0.15) is 12.4 Å². The number of carbonyl (C=O) groups excluding carboxylic acids is 2. The predicted octanol–water partition coefficient (Wildman–Crippen LogP) is 2.82. The Morgan fingerprint density at radius 3 is 2.63 bits per heavy atom. The number of aliphatic hydroxyl groups is 1. The summed E-state index contributed by atoms with van der Waals surface area (Å²) < 4.78 is 13.5. The van der Waals surface area contributed by atoms with Crippen LogP contribution in [0.5, 0.6) is 0 Å². The third kappa shape index (κ3) is 4.59. The van der Waals surface area contributed by atoms with Crippen LogP contribution in [-0.4, -0.2) is 63.6 Å². The molecule has 0 bridgehead atoms. The summed E-state index contributed by atoms with van der Waals surface area (Å²) in [4.78, 5) is 32.7. The van der Waals surface area contributed by atoms with Crippen LogP contribution in [0.15, 0.2) is 73.1 Å². The minimum atomic E-state index is -0.462. The van der Waals surface area contributed by atoms with Crippen molar-refractivity contribution in [3.8, 4) is 11.8 Å². The molecule has 176 valence electrons. The van der Waals surface area contributed by atoms with E-state index in [1.165, 1.54) is 23.1 Å². The summed E-state index contributed by atoms with van der Waals surface area (Å²) in [5.41, 5.74) is 2.96. The van der Waals surface area contributed by atoms with E-state index in [1.54, 1.807) is 23.4 Å². The number of aliphatic hydroxyl groups excluding tert-OH is 1. The van der Waals surface area contributed by atoms with Gasteiger partial charge in [-0.15, -0.1) is 0 Å². The summed E-state index contributed by atoms with van der Waals surface area (Å²) in [5.74, 6) is 5.39. The number of piperazine rings is 1. The van der Waals surface area contributed by atoms with E-state index < -0.39 is 11.8 Å². The Kier molecular flexibility index (Phi) is 6.17. The van der Waals surface area contributed by atoms with Crippen LogP contribution in [0.25, 0.3) is 0 Å². The zero-order valence-electron chi connectivity index (χ0n) is 18.8. The Bertz CT molecular complexity index is 1300. The number of nitrogens with one attached hydrogen (secondary N) is 1. The first-order chi connectivity index (χ1) is 17.0. The molecule has 3 amide bonds. The molecule has 2 fully saturated rings. The van der Waals surface area contributed by atoms with Crippen molar-refractivity contribution in [1.82, 2.24) is 14.8 Å². The lowest BCUT2D eigenvalue weighted by Gasteiger charge is -2.58. The summed E-state index contributed by atoms with van der Waals surface area (Å²) in [6.07, 6.45) is 3.40. The number of benzene rings is 2. The number of aromatic nitrogens is 1. The van der Waals surface area contributed by atoms with Gasteiger partial charge in [0, 0.05) is 41.7 Å². The van der Waals surface area contributed by atoms with Gasteiger partial charge in [-0.25, -0.2) is 9.18 Å². The number of pyridine rings is 1. The highest BCUT2D eigenvalue weighted by Gasteiger charge is 2.54. The van der Waals surface area contributed by atoms with Crippen molar-refractivity contribution in [3.05, 3.63) is 95.6 Å². The predicted molar refractivity (Wildman–Crippen MR) is 128 cm³/mol. The summed E-state index contributed by atoms with van der Waals surface area (Å²) in [5, 5.41) is 12.6. The Morgan fingerprint density at radius 2 is 1.91 bits per heavy atom. The molecule has 7 nitrogen and oxygen atoms in total. The van der Waals surface area contributed by atoms with Crippen molar-refractivity contribution < 1.29 is 19.1 Å². The first kappa shape index (κ1) is 22.6. The number of hydrogen-bond donors (Lipinski definition) is 2. The summed E-state index contributed by atoms with van der Waals surface area (Å²) in [6.45, 7) is 0.0608. The Balaban J connectivity index is 1.31. The van der Waals surface area contributed by atoms with Crippen LogP contribution in [0, 0.1) is 17.7 Å². The number of urea groups is 1. The molecule has 0 unspecified atom stereocenters. The van der Waals surface area contributed by atoms with E-state index in [0.717, 1.165) is 16.7 Å². The largest absolute Gasteiger partial charge is 0.394 e. The summed E-state index contributed by atoms with van der Waals surface area (Å²) >= 11 is 0. The molecule has 0 radical (unpaired) electrons. The molecule has 2 aromatic carbocycles. The SMILES string of the molecule is O=C(Nc1cccc(F)c1)N1CC(=O)N2[C@@H](CO)[C@@H](c3ccc(C#Cc4cccnc4)cc3)[C@@H]2C1. The van der Waals surface area contributed by atoms with Gasteiger partial charge in [-0.2, -0.15) is 0 Å². The lowest BCUT2D eigenvalue weighted by molar-refractivity contribution is -0.159. The van der Waals surface area contributed by atoms with Crippen molar-refractivity contribution in [2.24, 2.45) is 0 Å². The first-order valence-electron chi connectivity index (χ1n) is 11.3. The van der Waals surface area contributed by atoms with Crippen LogP contribution in [-0.2, 0) is 4.79 Å². The molecule has 2 saturated heterocycles. The second-order valence-corrected chi connectivity index (χ2v) is 8.58. The minimum Gasteiger partial charge on any atom is -0.394 e. The van der Waals surface area contributed by atoms with Crippen molar-refractivity contribution in [1.29, 1.82) is 0 Å². The summed E-state index contributed by atoms with van der Waals surface area (Å²) in [7, 11) is 0. The molecule has 2 aliphatic heterocycles. The smallest absolute Gasteiger partial charge is 0.322 e. The third-order valence-corrected chi connectivity index (χ3v) is 6.42. The monoisotopic (exact) mass is 470 g/mol. The van der Waals surface area contributed by atoms with Gasteiger partial charge in [0.25, 0.3) is 0 Å². The van der Waals surface area contributed by atoms with Crippen LogP contribution >= 0.6 is 0 Å². The number of nitrogens with zero attached hydrogens (tertiary/aromatic N) is 3. The lowest BCUT2D eigenvalue weighted by Crippen LogP contribution is -2.73. The average molecular weight is 471 g/mol. The highest BCUT2D eigenvalue weighted by atomic mass is 19.1. The molecule has 3 heterocycles. The fraction of sp³-hybridized carbons (Fsp3) is 0.222. The first-order valence-corrected chi connectivity index (χ1v) is 11.3. The van der Waals surface area contributed by atoms with Gasteiger partial charge in [0.05, 0.1) is 18.7 Å². The molecular formula is C27H23FN4O3. The summed E-state index contributed by atoms with van der Waals surface area (Å²) in [6, 6.07) is 16.0. The van der Waals surface area contributed by atoms with Gasteiger partial charge >= 0.3 is 6.03 Å². The van der Waals surface area contributed by atoms with Crippen molar-refractivity contribution >= 4 is 17.6 Å². The highest BCUT2D eigenvalue weighted by Crippen LogP contribution is 2.43. The number of carbonyl (C=O) groups is 2. The second kappa shape index (κ2) is 9.57. The zero-order valence-corrected chi connectivity index (χ0v) is 18.8. The van der Waals surface area contributed by atoms with Gasteiger partial charge in [0.15, 0.2) is 0 Å². The van der Waals surface area contributed by atoms with E-state index in [0.29, 0.717) is 12.2 Å². The second-order valence-electron chi connectivity index (χ2n) is 8.58. The van der Waals surface area contributed by atoms with E-state index in [4.69, 9.17) is 0 Å². The normalized spacial score (nSPS) is 20.9. The topological polar surface area (TPSA) is 85.8 Å². The zero-order chi connectivity index (χ0) is 24.4. The van der Waals surface area contributed by atoms with E-state index >= 15 is 0 Å². The molecule has 5 rings (SSSR count). The number of amides is 3. The Morgan fingerprint density at radius 1 is 1.11 bits per heavy atom. The highest BCUT2D eigenvalue weighted by molar-refractivity contribution is 5.93. The molecule has 2 N–H and O–H groups in total. The molecule has 35 heavy (non-hydrogen) atoms. The fourth-order valence-corrected chi connectivity index (χ4v) is 4.79. The molecule has 0 aliphatic carbocycles. The molecule has 8 heteroatoms.